The molecule has 2 rings (SSSR count). The molecule has 1 fully saturated rings. The topological polar surface area (TPSA) is 32.3 Å². The van der Waals surface area contributed by atoms with Gasteiger partial charge in [0.25, 0.3) is 0 Å². The number of hydrogen-bond donors (Lipinski definition) is 2. The van der Waals surface area contributed by atoms with Crippen molar-refractivity contribution in [1.82, 2.24) is 5.32 Å². The largest absolute Gasteiger partial charge is 0.388 e. The first kappa shape index (κ1) is 14.2. The average molecular weight is 286 g/mol. The molecular formula is C14H20ClNOS. The lowest BCUT2D eigenvalue weighted by Crippen LogP contribution is -2.41. The molecule has 1 aliphatic rings. The van der Waals surface area contributed by atoms with Gasteiger partial charge in [-0.3, -0.25) is 0 Å². The second-order valence-electron chi connectivity index (χ2n) is 4.92. The number of thioether (sulfide) groups is 1. The normalized spacial score (nSPS) is 25.3. The second-order valence-corrected chi connectivity index (χ2v) is 6.47. The molecule has 1 heterocycles. The molecular weight excluding hydrogens is 266 g/mol. The van der Waals surface area contributed by atoms with Gasteiger partial charge in [-0.25, -0.2) is 0 Å². The molecule has 2 atom stereocenters. The predicted molar refractivity (Wildman–Crippen MR) is 79.4 cm³/mol. The Balaban J connectivity index is 1.97. The number of rotatable bonds is 5. The molecule has 1 saturated heterocycles. The number of benzene rings is 1. The first-order valence-electron chi connectivity index (χ1n) is 6.42. The summed E-state index contributed by atoms with van der Waals surface area (Å²) in [5.41, 5.74) is 0.663. The van der Waals surface area contributed by atoms with Crippen molar-refractivity contribution in [3.63, 3.8) is 0 Å². The molecule has 4 heteroatoms. The van der Waals surface area contributed by atoms with Crippen LogP contribution in [0.3, 0.4) is 0 Å². The molecule has 0 aromatic heterocycles. The fourth-order valence-electron chi connectivity index (χ4n) is 2.27. The minimum absolute atomic E-state index is 0.262. The summed E-state index contributed by atoms with van der Waals surface area (Å²) in [6.45, 7) is 2.80. The zero-order chi connectivity index (χ0) is 13.0. The van der Waals surface area contributed by atoms with E-state index in [9.17, 15) is 5.11 Å². The van der Waals surface area contributed by atoms with E-state index in [4.69, 9.17) is 11.6 Å². The van der Waals surface area contributed by atoms with Gasteiger partial charge in [-0.2, -0.15) is 11.8 Å². The fraction of sp³-hybridized carbons (Fsp3) is 0.571. The highest BCUT2D eigenvalue weighted by Gasteiger charge is 2.31. The molecule has 2 N–H and O–H groups in total. The van der Waals surface area contributed by atoms with Crippen molar-refractivity contribution < 1.29 is 5.11 Å². The van der Waals surface area contributed by atoms with Crippen molar-refractivity contribution >= 4 is 23.4 Å². The monoisotopic (exact) mass is 285 g/mol. The van der Waals surface area contributed by atoms with Crippen LogP contribution in [0.1, 0.15) is 31.4 Å². The smallest absolute Gasteiger partial charge is 0.0869 e. The standard InChI is InChI=1S/C14H20ClNOS/c1-2-13(11-4-3-5-12(15)8-11)16-9-14(17)6-7-18-10-14/h3-5,8,13,16-17H,2,6-7,9-10H2,1H3. The van der Waals surface area contributed by atoms with Gasteiger partial charge in [-0.15, -0.1) is 0 Å². The van der Waals surface area contributed by atoms with Gasteiger partial charge in [0.15, 0.2) is 0 Å². The molecule has 0 amide bonds. The van der Waals surface area contributed by atoms with Crippen LogP contribution in [0, 0.1) is 0 Å². The maximum absolute atomic E-state index is 10.3. The Bertz CT molecular complexity index is 393. The highest BCUT2D eigenvalue weighted by atomic mass is 35.5. The van der Waals surface area contributed by atoms with E-state index in [2.05, 4.69) is 18.3 Å². The molecule has 0 saturated carbocycles. The van der Waals surface area contributed by atoms with E-state index in [-0.39, 0.29) is 6.04 Å². The van der Waals surface area contributed by atoms with Gasteiger partial charge in [0.2, 0.25) is 0 Å². The van der Waals surface area contributed by atoms with Gasteiger partial charge in [-0.1, -0.05) is 30.7 Å². The number of nitrogens with one attached hydrogen (secondary N) is 1. The zero-order valence-corrected chi connectivity index (χ0v) is 12.2. The van der Waals surface area contributed by atoms with Crippen LogP contribution >= 0.6 is 23.4 Å². The Kier molecular flexibility index (Phi) is 4.96. The summed E-state index contributed by atoms with van der Waals surface area (Å²) in [5.74, 6) is 1.90. The third kappa shape index (κ3) is 3.64. The highest BCUT2D eigenvalue weighted by Crippen LogP contribution is 2.28. The van der Waals surface area contributed by atoms with Crippen LogP contribution < -0.4 is 5.32 Å². The Morgan fingerprint density at radius 1 is 1.56 bits per heavy atom. The Morgan fingerprint density at radius 2 is 2.39 bits per heavy atom. The molecule has 18 heavy (non-hydrogen) atoms. The van der Waals surface area contributed by atoms with Crippen molar-refractivity contribution in [3.8, 4) is 0 Å². The summed E-state index contributed by atoms with van der Waals surface area (Å²) in [5, 5.41) is 14.6. The summed E-state index contributed by atoms with van der Waals surface area (Å²) < 4.78 is 0. The van der Waals surface area contributed by atoms with Crippen molar-refractivity contribution in [2.75, 3.05) is 18.1 Å². The molecule has 2 unspecified atom stereocenters. The van der Waals surface area contributed by atoms with Crippen LogP contribution in [-0.4, -0.2) is 28.8 Å². The van der Waals surface area contributed by atoms with Gasteiger partial charge in [-0.05, 0) is 36.3 Å². The third-order valence-corrected chi connectivity index (χ3v) is 4.89. The highest BCUT2D eigenvalue weighted by molar-refractivity contribution is 7.99. The maximum Gasteiger partial charge on any atom is 0.0869 e. The fourth-order valence-corrected chi connectivity index (χ4v) is 3.76. The summed E-state index contributed by atoms with van der Waals surface area (Å²) in [6, 6.07) is 8.20. The molecule has 1 aromatic carbocycles. The number of aliphatic hydroxyl groups is 1. The predicted octanol–water partition coefficient (Wildman–Crippen LogP) is 3.25. The lowest BCUT2D eigenvalue weighted by Gasteiger charge is -2.26. The van der Waals surface area contributed by atoms with Gasteiger partial charge in [0, 0.05) is 23.4 Å². The summed E-state index contributed by atoms with van der Waals surface area (Å²) in [7, 11) is 0. The Labute approximate surface area is 118 Å². The Morgan fingerprint density at radius 3 is 3.00 bits per heavy atom. The van der Waals surface area contributed by atoms with Crippen LogP contribution in [-0.2, 0) is 0 Å². The molecule has 2 nitrogen and oxygen atoms in total. The van der Waals surface area contributed by atoms with Crippen molar-refractivity contribution in [2.45, 2.75) is 31.4 Å². The van der Waals surface area contributed by atoms with E-state index < -0.39 is 5.60 Å². The SMILES string of the molecule is CCC(NCC1(O)CCSC1)c1cccc(Cl)c1. The zero-order valence-electron chi connectivity index (χ0n) is 10.7. The van der Waals surface area contributed by atoms with Crippen LogP contribution in [0.5, 0.6) is 0 Å². The first-order valence-corrected chi connectivity index (χ1v) is 7.95. The van der Waals surface area contributed by atoms with Gasteiger partial charge in [0.1, 0.15) is 0 Å². The average Bonchev–Trinajstić information content (AvgIpc) is 2.77. The van der Waals surface area contributed by atoms with E-state index in [0.29, 0.717) is 6.54 Å². The van der Waals surface area contributed by atoms with Crippen molar-refractivity contribution in [2.24, 2.45) is 0 Å². The molecule has 1 aliphatic heterocycles. The first-order chi connectivity index (χ1) is 8.63. The van der Waals surface area contributed by atoms with Crippen LogP contribution in [0.15, 0.2) is 24.3 Å². The summed E-state index contributed by atoms with van der Waals surface area (Å²) in [4.78, 5) is 0. The van der Waals surface area contributed by atoms with E-state index in [1.807, 2.05) is 30.0 Å². The molecule has 0 aliphatic carbocycles. The van der Waals surface area contributed by atoms with Crippen LogP contribution in [0.25, 0.3) is 0 Å². The quantitative estimate of drug-likeness (QED) is 0.871. The van der Waals surface area contributed by atoms with Gasteiger partial charge >= 0.3 is 0 Å². The number of halogens is 1. The van der Waals surface area contributed by atoms with E-state index in [1.54, 1.807) is 0 Å². The van der Waals surface area contributed by atoms with Crippen molar-refractivity contribution in [1.29, 1.82) is 0 Å². The molecule has 0 radical (unpaired) electrons. The van der Waals surface area contributed by atoms with Gasteiger partial charge in [0.05, 0.1) is 5.60 Å². The minimum atomic E-state index is -0.531. The van der Waals surface area contributed by atoms with E-state index in [1.165, 1.54) is 5.56 Å². The van der Waals surface area contributed by atoms with Crippen molar-refractivity contribution in [3.05, 3.63) is 34.9 Å². The molecule has 0 bridgehead atoms. The summed E-state index contributed by atoms with van der Waals surface area (Å²) >= 11 is 7.85. The number of hydrogen-bond acceptors (Lipinski definition) is 3. The van der Waals surface area contributed by atoms with Crippen LogP contribution in [0.4, 0.5) is 0 Å². The van der Waals surface area contributed by atoms with E-state index >= 15 is 0 Å². The second kappa shape index (κ2) is 6.29. The molecule has 100 valence electrons. The lowest BCUT2D eigenvalue weighted by atomic mass is 10.0. The third-order valence-electron chi connectivity index (χ3n) is 3.42. The molecule has 0 spiro atoms. The van der Waals surface area contributed by atoms with Gasteiger partial charge < -0.3 is 10.4 Å². The molecule has 1 aromatic rings. The summed E-state index contributed by atoms with van der Waals surface area (Å²) in [6.07, 6.45) is 1.88. The van der Waals surface area contributed by atoms with Crippen LogP contribution in [0.2, 0.25) is 5.02 Å². The minimum Gasteiger partial charge on any atom is -0.388 e. The van der Waals surface area contributed by atoms with E-state index in [0.717, 1.165) is 29.4 Å². The lowest BCUT2D eigenvalue weighted by molar-refractivity contribution is 0.0644. The Hall–Kier alpha value is -0.220. The maximum atomic E-state index is 10.3.